The van der Waals surface area contributed by atoms with Crippen LogP contribution in [0.4, 0.5) is 13.2 Å². The molecule has 2 N–H and O–H groups in total. The van der Waals surface area contributed by atoms with Gasteiger partial charge in [0.05, 0.1) is 5.02 Å². The Hall–Kier alpha value is -0.300. The van der Waals surface area contributed by atoms with E-state index in [0.717, 1.165) is 0 Å². The van der Waals surface area contributed by atoms with Gasteiger partial charge in [0.2, 0.25) is 0 Å². The molecule has 0 saturated carbocycles. The van der Waals surface area contributed by atoms with E-state index in [9.17, 15) is 13.2 Å². The van der Waals surface area contributed by atoms with Gasteiger partial charge in [0.25, 0.3) is 6.43 Å². The molecule has 0 amide bonds. The van der Waals surface area contributed by atoms with Crippen LogP contribution in [0.2, 0.25) is 5.02 Å². The molecule has 0 spiro atoms. The molecule has 0 aromatic heterocycles. The van der Waals surface area contributed by atoms with E-state index in [2.05, 4.69) is 20.7 Å². The first-order chi connectivity index (χ1) is 8.41. The highest BCUT2D eigenvalue weighted by atomic mass is 79.9. The largest absolute Gasteiger partial charge is 0.375 e. The molecule has 1 aromatic rings. The van der Waals surface area contributed by atoms with Crippen LogP contribution < -0.4 is 5.73 Å². The van der Waals surface area contributed by atoms with Crippen LogP contribution in [-0.4, -0.2) is 19.6 Å². The van der Waals surface area contributed by atoms with Crippen molar-refractivity contribution in [1.29, 1.82) is 0 Å². The standard InChI is InChI=1S/C11H12BrClF3NO/c12-7-4-9(14)6(3-8(7)13)10(17)1-2-18-5-11(15)16/h3-4,10-11H,1-2,5,17H2. The first-order valence-electron chi connectivity index (χ1n) is 5.17. The summed E-state index contributed by atoms with van der Waals surface area (Å²) < 4.78 is 42.3. The molecule has 0 aliphatic rings. The van der Waals surface area contributed by atoms with Crippen molar-refractivity contribution < 1.29 is 17.9 Å². The first-order valence-corrected chi connectivity index (χ1v) is 6.34. The molecule has 1 unspecified atom stereocenters. The molecule has 1 aromatic carbocycles. The van der Waals surface area contributed by atoms with Crippen molar-refractivity contribution in [3.05, 3.63) is 33.0 Å². The van der Waals surface area contributed by atoms with Crippen molar-refractivity contribution in [2.24, 2.45) is 5.73 Å². The van der Waals surface area contributed by atoms with Crippen LogP contribution in [0.15, 0.2) is 16.6 Å². The van der Waals surface area contributed by atoms with E-state index in [-0.39, 0.29) is 18.6 Å². The molecule has 2 nitrogen and oxygen atoms in total. The van der Waals surface area contributed by atoms with Gasteiger partial charge >= 0.3 is 0 Å². The van der Waals surface area contributed by atoms with E-state index in [4.69, 9.17) is 17.3 Å². The van der Waals surface area contributed by atoms with Crippen LogP contribution in [0.3, 0.4) is 0 Å². The second-order valence-electron chi connectivity index (χ2n) is 3.65. The molecule has 102 valence electrons. The van der Waals surface area contributed by atoms with E-state index in [1.807, 2.05) is 0 Å². The average Bonchev–Trinajstić information content (AvgIpc) is 2.28. The predicted molar refractivity (Wildman–Crippen MR) is 67.5 cm³/mol. The maximum Gasteiger partial charge on any atom is 0.261 e. The van der Waals surface area contributed by atoms with Crippen LogP contribution in [0, 0.1) is 5.82 Å². The van der Waals surface area contributed by atoms with E-state index < -0.39 is 24.9 Å². The van der Waals surface area contributed by atoms with Crippen molar-refractivity contribution in [2.75, 3.05) is 13.2 Å². The number of hydrogen-bond acceptors (Lipinski definition) is 2. The monoisotopic (exact) mass is 345 g/mol. The quantitative estimate of drug-likeness (QED) is 0.626. The maximum absolute atomic E-state index is 13.6. The van der Waals surface area contributed by atoms with Crippen molar-refractivity contribution in [3.8, 4) is 0 Å². The zero-order valence-electron chi connectivity index (χ0n) is 9.31. The summed E-state index contributed by atoms with van der Waals surface area (Å²) in [5.41, 5.74) is 5.99. The molecular weight excluding hydrogens is 334 g/mol. The Balaban J connectivity index is 2.56. The minimum Gasteiger partial charge on any atom is -0.375 e. The number of rotatable bonds is 6. The molecule has 0 bridgehead atoms. The number of benzene rings is 1. The van der Waals surface area contributed by atoms with Gasteiger partial charge < -0.3 is 10.5 Å². The highest BCUT2D eigenvalue weighted by Crippen LogP contribution is 2.29. The molecular formula is C11H12BrClF3NO. The van der Waals surface area contributed by atoms with Gasteiger partial charge in [-0.15, -0.1) is 0 Å². The molecule has 1 atom stereocenters. The van der Waals surface area contributed by atoms with Gasteiger partial charge in [-0.3, -0.25) is 0 Å². The predicted octanol–water partition coefficient (Wildman–Crippen LogP) is 3.91. The highest BCUT2D eigenvalue weighted by molar-refractivity contribution is 9.10. The van der Waals surface area contributed by atoms with Gasteiger partial charge in [0, 0.05) is 22.7 Å². The lowest BCUT2D eigenvalue weighted by Gasteiger charge is -2.14. The van der Waals surface area contributed by atoms with Crippen LogP contribution in [0.25, 0.3) is 0 Å². The summed E-state index contributed by atoms with van der Waals surface area (Å²) in [5.74, 6) is -0.493. The lowest BCUT2D eigenvalue weighted by atomic mass is 10.0. The molecule has 0 radical (unpaired) electrons. The average molecular weight is 347 g/mol. The Morgan fingerprint density at radius 3 is 2.67 bits per heavy atom. The first kappa shape index (κ1) is 15.8. The van der Waals surface area contributed by atoms with E-state index in [1.165, 1.54) is 12.1 Å². The van der Waals surface area contributed by atoms with Crippen molar-refractivity contribution in [1.82, 2.24) is 0 Å². The Morgan fingerprint density at radius 1 is 1.39 bits per heavy atom. The highest BCUT2D eigenvalue weighted by Gasteiger charge is 2.14. The van der Waals surface area contributed by atoms with E-state index in [1.54, 1.807) is 0 Å². The topological polar surface area (TPSA) is 35.2 Å². The third-order valence-corrected chi connectivity index (χ3v) is 3.45. The summed E-state index contributed by atoms with van der Waals surface area (Å²) in [6.07, 6.45) is -2.28. The molecule has 0 aliphatic carbocycles. The Morgan fingerprint density at radius 2 is 2.06 bits per heavy atom. The Labute approximate surface area is 116 Å². The molecule has 18 heavy (non-hydrogen) atoms. The number of nitrogens with two attached hydrogens (primary N) is 1. The van der Waals surface area contributed by atoms with Crippen LogP contribution in [0.1, 0.15) is 18.0 Å². The van der Waals surface area contributed by atoms with Gasteiger partial charge in [0.15, 0.2) is 0 Å². The lowest BCUT2D eigenvalue weighted by molar-refractivity contribution is 0.0151. The van der Waals surface area contributed by atoms with Crippen molar-refractivity contribution in [3.63, 3.8) is 0 Å². The second-order valence-corrected chi connectivity index (χ2v) is 4.91. The van der Waals surface area contributed by atoms with Gasteiger partial charge in [0.1, 0.15) is 12.4 Å². The summed E-state index contributed by atoms with van der Waals surface area (Å²) in [6.45, 7) is -0.602. The fourth-order valence-electron chi connectivity index (χ4n) is 1.36. The lowest BCUT2D eigenvalue weighted by Crippen LogP contribution is -2.16. The molecule has 7 heteroatoms. The zero-order valence-corrected chi connectivity index (χ0v) is 11.6. The third-order valence-electron chi connectivity index (χ3n) is 2.26. The zero-order chi connectivity index (χ0) is 13.7. The Bertz CT molecular complexity index is 406. The SMILES string of the molecule is NC(CCOCC(F)F)c1cc(Cl)c(Br)cc1F. The van der Waals surface area contributed by atoms with Crippen LogP contribution in [0.5, 0.6) is 0 Å². The molecule has 0 aliphatic heterocycles. The van der Waals surface area contributed by atoms with Crippen molar-refractivity contribution >= 4 is 27.5 Å². The normalized spacial score (nSPS) is 13.1. The number of ether oxygens (including phenoxy) is 1. The smallest absolute Gasteiger partial charge is 0.261 e. The minimum absolute atomic E-state index is 0.0403. The van der Waals surface area contributed by atoms with Crippen LogP contribution in [-0.2, 0) is 4.74 Å². The minimum atomic E-state index is -2.51. The second kappa shape index (κ2) is 7.33. The molecule has 0 heterocycles. The van der Waals surface area contributed by atoms with Crippen molar-refractivity contribution in [2.45, 2.75) is 18.9 Å². The summed E-state index contributed by atoms with van der Waals surface area (Å²) in [6, 6.07) is 1.99. The number of halogens is 5. The fraction of sp³-hybridized carbons (Fsp3) is 0.455. The molecule has 0 fully saturated rings. The summed E-state index contributed by atoms with van der Waals surface area (Å²) in [7, 11) is 0. The fourth-order valence-corrected chi connectivity index (χ4v) is 1.85. The summed E-state index contributed by atoms with van der Waals surface area (Å²) in [4.78, 5) is 0. The van der Waals surface area contributed by atoms with Gasteiger partial charge in [-0.25, -0.2) is 13.2 Å². The van der Waals surface area contributed by atoms with Gasteiger partial charge in [-0.2, -0.15) is 0 Å². The molecule has 1 rings (SSSR count). The summed E-state index contributed by atoms with van der Waals surface area (Å²) in [5, 5.41) is 0.343. The number of hydrogen-bond donors (Lipinski definition) is 1. The Kier molecular flexibility index (Phi) is 6.42. The van der Waals surface area contributed by atoms with E-state index in [0.29, 0.717) is 9.50 Å². The summed E-state index contributed by atoms with van der Waals surface area (Å²) >= 11 is 8.92. The van der Waals surface area contributed by atoms with E-state index >= 15 is 0 Å². The molecule has 0 saturated heterocycles. The number of alkyl halides is 2. The van der Waals surface area contributed by atoms with Gasteiger partial charge in [-0.05, 0) is 34.5 Å². The maximum atomic E-state index is 13.6. The van der Waals surface area contributed by atoms with Gasteiger partial charge in [-0.1, -0.05) is 11.6 Å². The van der Waals surface area contributed by atoms with Crippen LogP contribution >= 0.6 is 27.5 Å². The third kappa shape index (κ3) is 4.76.